The number of hydrogen-bond donors (Lipinski definition) is 2. The van der Waals surface area contributed by atoms with Crippen molar-refractivity contribution >= 4 is 5.97 Å². The fourth-order valence-corrected chi connectivity index (χ4v) is 1.57. The first-order chi connectivity index (χ1) is 7.59. The van der Waals surface area contributed by atoms with E-state index in [0.717, 1.165) is 5.56 Å². The van der Waals surface area contributed by atoms with Crippen LogP contribution in [-0.4, -0.2) is 25.8 Å². The van der Waals surface area contributed by atoms with E-state index in [1.165, 1.54) is 4.68 Å². The summed E-state index contributed by atoms with van der Waals surface area (Å²) in [6.45, 7) is 3.81. The molecule has 2 rings (SSSR count). The van der Waals surface area contributed by atoms with Crippen LogP contribution in [0.1, 0.15) is 30.4 Å². The van der Waals surface area contributed by atoms with Gasteiger partial charge >= 0.3 is 5.97 Å². The molecule has 0 spiro atoms. The molecule has 84 valence electrons. The first kappa shape index (κ1) is 10.5. The number of carboxylic acid groups (broad SMARTS) is 1. The fourth-order valence-electron chi connectivity index (χ4n) is 1.57. The summed E-state index contributed by atoms with van der Waals surface area (Å²) in [6.07, 6.45) is 3.57. The summed E-state index contributed by atoms with van der Waals surface area (Å²) in [6, 6.07) is 3.48. The van der Waals surface area contributed by atoms with E-state index in [9.17, 15) is 4.79 Å². The number of hydrogen-bond acceptors (Lipinski definition) is 2. The summed E-state index contributed by atoms with van der Waals surface area (Å²) in [5.41, 5.74) is 1.78. The highest BCUT2D eigenvalue weighted by atomic mass is 16.4. The Morgan fingerprint density at radius 2 is 2.31 bits per heavy atom. The Labute approximate surface area is 92.7 Å². The maximum absolute atomic E-state index is 11.0. The molecular weight excluding hydrogens is 206 g/mol. The van der Waals surface area contributed by atoms with Crippen LogP contribution in [0.15, 0.2) is 24.5 Å². The molecule has 2 heterocycles. The Balaban J connectivity index is 2.51. The Morgan fingerprint density at radius 1 is 1.56 bits per heavy atom. The summed E-state index contributed by atoms with van der Waals surface area (Å²) in [5, 5.41) is 13.3. The summed E-state index contributed by atoms with van der Waals surface area (Å²) in [4.78, 5) is 14.0. The minimum absolute atomic E-state index is 0.0267. The molecule has 0 bridgehead atoms. The van der Waals surface area contributed by atoms with Crippen molar-refractivity contribution in [3.8, 4) is 11.3 Å². The third-order valence-corrected chi connectivity index (χ3v) is 2.34. The topological polar surface area (TPSA) is 70.9 Å². The molecule has 0 aromatic carbocycles. The lowest BCUT2D eigenvalue weighted by molar-refractivity contribution is 0.0681. The summed E-state index contributed by atoms with van der Waals surface area (Å²) in [7, 11) is 0. The Morgan fingerprint density at radius 3 is 2.75 bits per heavy atom. The van der Waals surface area contributed by atoms with Crippen molar-refractivity contribution in [3.05, 3.63) is 30.2 Å². The van der Waals surface area contributed by atoms with Gasteiger partial charge in [0.05, 0.1) is 5.69 Å². The van der Waals surface area contributed by atoms with Crippen molar-refractivity contribution < 1.29 is 9.90 Å². The van der Waals surface area contributed by atoms with Crippen molar-refractivity contribution in [2.75, 3.05) is 0 Å². The first-order valence-electron chi connectivity index (χ1n) is 5.05. The number of nitrogens with one attached hydrogen (secondary N) is 1. The van der Waals surface area contributed by atoms with Crippen LogP contribution in [0.4, 0.5) is 0 Å². The molecule has 0 aliphatic rings. The van der Waals surface area contributed by atoms with E-state index in [4.69, 9.17) is 5.11 Å². The van der Waals surface area contributed by atoms with Gasteiger partial charge in [-0.3, -0.25) is 4.68 Å². The second-order valence-electron chi connectivity index (χ2n) is 3.86. The molecule has 0 saturated carbocycles. The maximum Gasteiger partial charge on any atom is 0.354 e. The molecule has 0 aliphatic carbocycles. The van der Waals surface area contributed by atoms with Gasteiger partial charge in [-0.05, 0) is 26.0 Å². The molecule has 2 N–H and O–H groups in total. The van der Waals surface area contributed by atoms with E-state index in [0.29, 0.717) is 5.69 Å². The van der Waals surface area contributed by atoms with E-state index in [2.05, 4.69) is 10.1 Å². The zero-order valence-electron chi connectivity index (χ0n) is 9.14. The predicted octanol–water partition coefficient (Wildman–Crippen LogP) is 2.16. The summed E-state index contributed by atoms with van der Waals surface area (Å²) in [5.74, 6) is -0.956. The van der Waals surface area contributed by atoms with Gasteiger partial charge in [-0.15, -0.1) is 0 Å². The molecule has 0 unspecified atom stereocenters. The van der Waals surface area contributed by atoms with Crippen molar-refractivity contribution in [1.29, 1.82) is 0 Å². The van der Waals surface area contributed by atoms with Crippen LogP contribution in [0.2, 0.25) is 0 Å². The van der Waals surface area contributed by atoms with Crippen molar-refractivity contribution in [1.82, 2.24) is 14.8 Å². The monoisotopic (exact) mass is 219 g/mol. The number of carbonyl (C=O) groups is 1. The molecule has 0 fully saturated rings. The Bertz CT molecular complexity index is 497. The SMILES string of the molecule is CC(C)n1nc(-c2cc[nH]c2)cc1C(=O)O. The van der Waals surface area contributed by atoms with Crippen LogP contribution in [0, 0.1) is 0 Å². The zero-order chi connectivity index (χ0) is 11.7. The third kappa shape index (κ3) is 1.71. The smallest absolute Gasteiger partial charge is 0.354 e. The highest BCUT2D eigenvalue weighted by Gasteiger charge is 2.16. The Kier molecular flexibility index (Phi) is 2.52. The second kappa shape index (κ2) is 3.84. The molecule has 0 atom stereocenters. The molecule has 5 heteroatoms. The highest BCUT2D eigenvalue weighted by Crippen LogP contribution is 2.20. The van der Waals surface area contributed by atoms with Gasteiger partial charge in [0.25, 0.3) is 0 Å². The largest absolute Gasteiger partial charge is 0.477 e. The highest BCUT2D eigenvalue weighted by molar-refractivity contribution is 5.87. The predicted molar refractivity (Wildman–Crippen MR) is 59.4 cm³/mol. The van der Waals surface area contributed by atoms with Crippen LogP contribution in [-0.2, 0) is 0 Å². The van der Waals surface area contributed by atoms with Crippen LogP contribution in [0.5, 0.6) is 0 Å². The van der Waals surface area contributed by atoms with Gasteiger partial charge in [0.1, 0.15) is 5.69 Å². The molecule has 2 aromatic rings. The molecule has 0 saturated heterocycles. The minimum atomic E-state index is -0.956. The minimum Gasteiger partial charge on any atom is -0.477 e. The number of aromatic carboxylic acids is 1. The Hall–Kier alpha value is -2.04. The molecule has 0 amide bonds. The maximum atomic E-state index is 11.0. The van der Waals surface area contributed by atoms with E-state index in [1.807, 2.05) is 19.9 Å². The van der Waals surface area contributed by atoms with Crippen LogP contribution < -0.4 is 0 Å². The standard InChI is InChI=1S/C11H13N3O2/c1-7(2)14-10(11(15)16)5-9(13-14)8-3-4-12-6-8/h3-7,12H,1-2H3,(H,15,16). The van der Waals surface area contributed by atoms with Gasteiger partial charge in [-0.2, -0.15) is 5.10 Å². The van der Waals surface area contributed by atoms with Gasteiger partial charge in [0.15, 0.2) is 0 Å². The quantitative estimate of drug-likeness (QED) is 0.830. The molecule has 0 aliphatic heterocycles. The van der Waals surface area contributed by atoms with E-state index in [1.54, 1.807) is 18.5 Å². The van der Waals surface area contributed by atoms with Crippen molar-refractivity contribution in [3.63, 3.8) is 0 Å². The first-order valence-corrected chi connectivity index (χ1v) is 5.05. The average Bonchev–Trinajstić information content (AvgIpc) is 2.86. The van der Waals surface area contributed by atoms with E-state index < -0.39 is 5.97 Å². The molecule has 16 heavy (non-hydrogen) atoms. The van der Waals surface area contributed by atoms with Crippen LogP contribution in [0.25, 0.3) is 11.3 Å². The number of H-pyrrole nitrogens is 1. The van der Waals surface area contributed by atoms with Gasteiger partial charge in [-0.1, -0.05) is 0 Å². The molecular formula is C11H13N3O2. The molecule has 5 nitrogen and oxygen atoms in total. The van der Waals surface area contributed by atoms with Gasteiger partial charge in [0.2, 0.25) is 0 Å². The molecule has 0 radical (unpaired) electrons. The fraction of sp³-hybridized carbons (Fsp3) is 0.273. The van der Waals surface area contributed by atoms with Gasteiger partial charge in [-0.25, -0.2) is 4.79 Å². The number of carboxylic acids is 1. The third-order valence-electron chi connectivity index (χ3n) is 2.34. The average molecular weight is 219 g/mol. The number of aromatic amines is 1. The summed E-state index contributed by atoms with van der Waals surface area (Å²) >= 11 is 0. The second-order valence-corrected chi connectivity index (χ2v) is 3.86. The van der Waals surface area contributed by atoms with Crippen molar-refractivity contribution in [2.45, 2.75) is 19.9 Å². The zero-order valence-corrected chi connectivity index (χ0v) is 9.14. The van der Waals surface area contributed by atoms with E-state index >= 15 is 0 Å². The van der Waals surface area contributed by atoms with Crippen LogP contribution >= 0.6 is 0 Å². The normalized spacial score (nSPS) is 10.9. The lowest BCUT2D eigenvalue weighted by atomic mass is 10.2. The lowest BCUT2D eigenvalue weighted by Crippen LogP contribution is -2.11. The lowest BCUT2D eigenvalue weighted by Gasteiger charge is -2.07. The van der Waals surface area contributed by atoms with Crippen molar-refractivity contribution in [2.24, 2.45) is 0 Å². The van der Waals surface area contributed by atoms with E-state index in [-0.39, 0.29) is 11.7 Å². The number of nitrogens with zero attached hydrogens (tertiary/aromatic N) is 2. The number of rotatable bonds is 3. The number of aromatic nitrogens is 3. The summed E-state index contributed by atoms with van der Waals surface area (Å²) < 4.78 is 1.52. The van der Waals surface area contributed by atoms with Gasteiger partial charge in [0, 0.05) is 24.0 Å². The van der Waals surface area contributed by atoms with Crippen LogP contribution in [0.3, 0.4) is 0 Å². The molecule has 2 aromatic heterocycles. The van der Waals surface area contributed by atoms with Gasteiger partial charge < -0.3 is 10.1 Å².